The van der Waals surface area contributed by atoms with Crippen molar-refractivity contribution >= 4 is 17.1 Å². The van der Waals surface area contributed by atoms with Crippen molar-refractivity contribution in [2.24, 2.45) is 17.8 Å². The molecule has 0 aliphatic heterocycles. The Hall–Kier alpha value is -4.88. The summed E-state index contributed by atoms with van der Waals surface area (Å²) in [6, 6.07) is 51.4. The molecule has 0 N–H and O–H groups in total. The number of rotatable bonds is 6. The van der Waals surface area contributed by atoms with Crippen molar-refractivity contribution in [2.75, 3.05) is 4.90 Å². The molecule has 0 heterocycles. The van der Waals surface area contributed by atoms with E-state index in [1.807, 2.05) is 0 Å². The fourth-order valence-electron chi connectivity index (χ4n) is 12.4. The second-order valence-corrected chi connectivity index (χ2v) is 18.3. The summed E-state index contributed by atoms with van der Waals surface area (Å²) in [5, 5.41) is 0. The lowest BCUT2D eigenvalue weighted by molar-refractivity contribution is -0.00518. The van der Waals surface area contributed by atoms with Gasteiger partial charge in [0, 0.05) is 22.5 Å². The number of fused-ring (bicyclic) bond motifs is 4. The number of hydrogen-bond donors (Lipinski definition) is 0. The average molecular weight is 702 g/mol. The molecule has 4 saturated carbocycles. The van der Waals surface area contributed by atoms with E-state index in [4.69, 9.17) is 0 Å². The smallest absolute Gasteiger partial charge is 0.0496 e. The molecule has 6 aliphatic carbocycles. The Kier molecular flexibility index (Phi) is 7.43. The topological polar surface area (TPSA) is 3.24 Å². The summed E-state index contributed by atoms with van der Waals surface area (Å²) in [4.78, 5) is 2.54. The molecule has 0 amide bonds. The molecule has 6 aromatic carbocycles. The van der Waals surface area contributed by atoms with Gasteiger partial charge in [0.15, 0.2) is 0 Å². The summed E-state index contributed by atoms with van der Waals surface area (Å²) in [5.41, 5.74) is 19.5. The van der Waals surface area contributed by atoms with Gasteiger partial charge in [-0.3, -0.25) is 0 Å². The van der Waals surface area contributed by atoms with Crippen LogP contribution in [0.5, 0.6) is 0 Å². The van der Waals surface area contributed by atoms with Gasteiger partial charge in [-0.15, -0.1) is 0 Å². The normalized spacial score (nSPS) is 24.1. The van der Waals surface area contributed by atoms with Crippen molar-refractivity contribution in [3.8, 4) is 33.4 Å². The van der Waals surface area contributed by atoms with E-state index in [1.165, 1.54) is 130 Å². The molecular weight excluding hydrogens is 651 g/mol. The lowest BCUT2D eigenvalue weighted by atomic mass is 9.48. The molecular formula is C53H51N. The molecule has 1 nitrogen and oxygen atoms in total. The van der Waals surface area contributed by atoms with Crippen molar-refractivity contribution in [1.82, 2.24) is 0 Å². The van der Waals surface area contributed by atoms with Crippen molar-refractivity contribution in [1.29, 1.82) is 0 Å². The van der Waals surface area contributed by atoms with Crippen LogP contribution in [0.4, 0.5) is 17.1 Å². The van der Waals surface area contributed by atoms with E-state index in [1.54, 1.807) is 5.56 Å². The monoisotopic (exact) mass is 701 g/mol. The van der Waals surface area contributed by atoms with Gasteiger partial charge in [-0.25, -0.2) is 0 Å². The Bertz CT molecular complexity index is 2340. The highest BCUT2D eigenvalue weighted by Gasteiger charge is 2.51. The molecule has 4 fully saturated rings. The summed E-state index contributed by atoms with van der Waals surface area (Å²) >= 11 is 0. The molecule has 54 heavy (non-hydrogen) atoms. The molecule has 6 aliphatic rings. The zero-order valence-corrected chi connectivity index (χ0v) is 32.0. The van der Waals surface area contributed by atoms with Gasteiger partial charge < -0.3 is 4.90 Å². The van der Waals surface area contributed by atoms with Gasteiger partial charge in [-0.2, -0.15) is 0 Å². The molecule has 12 rings (SSSR count). The Morgan fingerprint density at radius 1 is 0.500 bits per heavy atom. The minimum absolute atomic E-state index is 0.116. The molecule has 0 aromatic heterocycles. The van der Waals surface area contributed by atoms with Gasteiger partial charge in [0.25, 0.3) is 0 Å². The van der Waals surface area contributed by atoms with E-state index in [0.717, 1.165) is 24.2 Å². The predicted octanol–water partition coefficient (Wildman–Crippen LogP) is 14.1. The molecule has 1 heteroatoms. The Morgan fingerprint density at radius 2 is 1.07 bits per heavy atom. The first kappa shape index (κ1) is 32.5. The fourth-order valence-corrected chi connectivity index (χ4v) is 12.4. The van der Waals surface area contributed by atoms with Crippen LogP contribution >= 0.6 is 0 Å². The van der Waals surface area contributed by atoms with Crippen LogP contribution in [0.3, 0.4) is 0 Å². The maximum Gasteiger partial charge on any atom is 0.0496 e. The van der Waals surface area contributed by atoms with Crippen LogP contribution in [0.15, 0.2) is 133 Å². The third-order valence-electron chi connectivity index (χ3n) is 14.6. The molecule has 0 unspecified atom stereocenters. The zero-order valence-electron chi connectivity index (χ0n) is 32.0. The summed E-state index contributed by atoms with van der Waals surface area (Å²) in [6.45, 7) is 4.87. The molecule has 268 valence electrons. The SMILES string of the molecule is CC1(C)c2cc(-c3ccc(C45CC6CC(CC(C6)C4)C5)cc3)ccc2-c2ccc(N(c3ccc(-c4ccccc4)cc3)c3cccc4c3CCCC4)cc21. The third kappa shape index (κ3) is 5.18. The van der Waals surface area contributed by atoms with E-state index >= 15 is 0 Å². The molecule has 0 atom stereocenters. The van der Waals surface area contributed by atoms with Gasteiger partial charge in [0.1, 0.15) is 0 Å². The van der Waals surface area contributed by atoms with Crippen molar-refractivity contribution in [3.05, 3.63) is 161 Å². The van der Waals surface area contributed by atoms with Crippen LogP contribution < -0.4 is 4.90 Å². The van der Waals surface area contributed by atoms with E-state index in [9.17, 15) is 0 Å². The highest BCUT2D eigenvalue weighted by atomic mass is 15.1. The molecule has 6 aromatic rings. The number of nitrogens with zero attached hydrogens (tertiary/aromatic N) is 1. The number of benzene rings is 6. The maximum absolute atomic E-state index is 2.54. The third-order valence-corrected chi connectivity index (χ3v) is 14.6. The lowest BCUT2D eigenvalue weighted by Gasteiger charge is -2.57. The van der Waals surface area contributed by atoms with Crippen LogP contribution in [0, 0.1) is 17.8 Å². The molecule has 0 saturated heterocycles. The molecule has 4 bridgehead atoms. The summed E-state index contributed by atoms with van der Waals surface area (Å²) < 4.78 is 0. The number of anilines is 3. The maximum atomic E-state index is 2.54. The van der Waals surface area contributed by atoms with E-state index in [2.05, 4.69) is 152 Å². The number of hydrogen-bond acceptors (Lipinski definition) is 1. The second kappa shape index (κ2) is 12.3. The average Bonchev–Trinajstić information content (AvgIpc) is 3.43. The van der Waals surface area contributed by atoms with E-state index < -0.39 is 0 Å². The minimum atomic E-state index is -0.116. The van der Waals surface area contributed by atoms with Crippen LogP contribution in [-0.4, -0.2) is 0 Å². The summed E-state index contributed by atoms with van der Waals surface area (Å²) in [6.07, 6.45) is 13.6. The fraction of sp³-hybridized carbons (Fsp3) is 0.321. The molecule has 0 spiro atoms. The van der Waals surface area contributed by atoms with Crippen molar-refractivity contribution < 1.29 is 0 Å². The quantitative estimate of drug-likeness (QED) is 0.167. The summed E-state index contributed by atoms with van der Waals surface area (Å²) in [7, 11) is 0. The van der Waals surface area contributed by atoms with Gasteiger partial charge >= 0.3 is 0 Å². The standard InChI is InChI=1S/C53H51N/c1-52(2)49-30-42(40-15-20-43(21-16-40)53-32-35-27-36(33-53)29-37(28-35)34-53)19-25-47(49)48-26-24-45(31-50(48)52)54(51-14-8-12-41-11-6-7-13-46(41)51)44-22-17-39(18-23-44)38-9-4-3-5-10-38/h3-5,8-10,12,14-26,30-31,35-37H,6-7,11,13,27-29,32-34H2,1-2H3. The first-order valence-electron chi connectivity index (χ1n) is 20.9. The van der Waals surface area contributed by atoms with Gasteiger partial charge in [0.2, 0.25) is 0 Å². The van der Waals surface area contributed by atoms with E-state index in [0.29, 0.717) is 5.41 Å². The van der Waals surface area contributed by atoms with Gasteiger partial charge in [-0.05, 0) is 185 Å². The Labute approximate surface area is 322 Å². The largest absolute Gasteiger partial charge is 0.310 e. The van der Waals surface area contributed by atoms with Crippen LogP contribution in [0.1, 0.15) is 93.0 Å². The zero-order chi connectivity index (χ0) is 36.0. The van der Waals surface area contributed by atoms with Crippen LogP contribution in [-0.2, 0) is 23.7 Å². The Morgan fingerprint density at radius 3 is 1.80 bits per heavy atom. The predicted molar refractivity (Wildman–Crippen MR) is 226 cm³/mol. The lowest BCUT2D eigenvalue weighted by Crippen LogP contribution is -2.48. The first-order chi connectivity index (χ1) is 26.4. The number of aryl methyl sites for hydroxylation is 1. The molecule has 0 radical (unpaired) electrons. The summed E-state index contributed by atoms with van der Waals surface area (Å²) in [5.74, 6) is 2.92. The van der Waals surface area contributed by atoms with Crippen molar-refractivity contribution in [3.63, 3.8) is 0 Å². The van der Waals surface area contributed by atoms with E-state index in [-0.39, 0.29) is 5.41 Å². The highest BCUT2D eigenvalue weighted by Crippen LogP contribution is 2.61. The van der Waals surface area contributed by atoms with Crippen LogP contribution in [0.25, 0.3) is 33.4 Å². The van der Waals surface area contributed by atoms with Crippen LogP contribution in [0.2, 0.25) is 0 Å². The second-order valence-electron chi connectivity index (χ2n) is 18.3. The van der Waals surface area contributed by atoms with Gasteiger partial charge in [-0.1, -0.05) is 111 Å². The first-order valence-corrected chi connectivity index (χ1v) is 20.9. The highest BCUT2D eigenvalue weighted by molar-refractivity contribution is 5.88. The van der Waals surface area contributed by atoms with Gasteiger partial charge in [0.05, 0.1) is 0 Å². The van der Waals surface area contributed by atoms with Crippen molar-refractivity contribution in [2.45, 2.75) is 88.9 Å². The minimum Gasteiger partial charge on any atom is -0.310 e. The Balaban J connectivity index is 0.949.